The van der Waals surface area contributed by atoms with Crippen LogP contribution in [0.3, 0.4) is 0 Å². The van der Waals surface area contributed by atoms with Gasteiger partial charge in [0.05, 0.1) is 11.8 Å². The predicted octanol–water partition coefficient (Wildman–Crippen LogP) is 0.574. The molecule has 3 N–H and O–H groups in total. The molecule has 1 saturated heterocycles. The van der Waals surface area contributed by atoms with Crippen LogP contribution in [0.5, 0.6) is 0 Å². The number of nitrogens with zero attached hydrogens (tertiary/aromatic N) is 2. The second-order valence-electron chi connectivity index (χ2n) is 6.30. The third-order valence-electron chi connectivity index (χ3n) is 4.60. The number of H-pyrrole nitrogens is 2. The SMILES string of the molecule is O=C1NCCN(C(=O)c2cc(=O)c3cccc(F)c3[nH]2)[C@@H]1Cc1cnc[nH]1. The Morgan fingerprint density at radius 2 is 2.19 bits per heavy atom. The molecule has 1 aliphatic rings. The summed E-state index contributed by atoms with van der Waals surface area (Å²) in [6.45, 7) is 0.580. The van der Waals surface area contributed by atoms with Crippen LogP contribution in [0.1, 0.15) is 16.2 Å². The molecular weight excluding hydrogens is 353 g/mol. The molecule has 0 aliphatic carbocycles. The van der Waals surface area contributed by atoms with Crippen molar-refractivity contribution in [1.29, 1.82) is 0 Å². The first-order valence-electron chi connectivity index (χ1n) is 8.42. The summed E-state index contributed by atoms with van der Waals surface area (Å²) in [4.78, 5) is 48.6. The van der Waals surface area contributed by atoms with Crippen molar-refractivity contribution in [2.45, 2.75) is 12.5 Å². The Morgan fingerprint density at radius 1 is 1.33 bits per heavy atom. The molecule has 8 nitrogen and oxygen atoms in total. The van der Waals surface area contributed by atoms with Crippen LogP contribution in [0.15, 0.2) is 41.6 Å². The van der Waals surface area contributed by atoms with Crippen LogP contribution in [-0.4, -0.2) is 50.8 Å². The number of piperazine rings is 1. The van der Waals surface area contributed by atoms with E-state index in [1.165, 1.54) is 29.4 Å². The first-order valence-corrected chi connectivity index (χ1v) is 8.42. The first kappa shape index (κ1) is 17.0. The summed E-state index contributed by atoms with van der Waals surface area (Å²) >= 11 is 0. The van der Waals surface area contributed by atoms with Gasteiger partial charge in [0.15, 0.2) is 5.43 Å². The number of amides is 2. The zero-order valence-corrected chi connectivity index (χ0v) is 14.2. The number of nitrogens with one attached hydrogen (secondary N) is 3. The van der Waals surface area contributed by atoms with Crippen molar-refractivity contribution < 1.29 is 14.0 Å². The van der Waals surface area contributed by atoms with Gasteiger partial charge in [-0.15, -0.1) is 0 Å². The summed E-state index contributed by atoms with van der Waals surface area (Å²) in [6, 6.07) is 4.52. The number of pyridine rings is 1. The molecule has 0 bridgehead atoms. The van der Waals surface area contributed by atoms with Crippen LogP contribution in [0.2, 0.25) is 0 Å². The molecule has 1 aromatic carbocycles. The van der Waals surface area contributed by atoms with Crippen LogP contribution >= 0.6 is 0 Å². The lowest BCUT2D eigenvalue weighted by Gasteiger charge is -2.34. The van der Waals surface area contributed by atoms with Crippen LogP contribution in [0, 0.1) is 5.82 Å². The van der Waals surface area contributed by atoms with Crippen molar-refractivity contribution in [1.82, 2.24) is 25.2 Å². The summed E-state index contributed by atoms with van der Waals surface area (Å²) in [5.41, 5.74) is 0.160. The van der Waals surface area contributed by atoms with Crippen LogP contribution in [0.25, 0.3) is 10.9 Å². The molecule has 9 heteroatoms. The Bertz CT molecular complexity index is 1080. The van der Waals surface area contributed by atoms with Gasteiger partial charge >= 0.3 is 0 Å². The number of aromatic nitrogens is 3. The van der Waals surface area contributed by atoms with E-state index >= 15 is 0 Å². The fourth-order valence-electron chi connectivity index (χ4n) is 3.27. The smallest absolute Gasteiger partial charge is 0.271 e. The van der Waals surface area contributed by atoms with E-state index in [4.69, 9.17) is 0 Å². The molecule has 2 amide bonds. The maximum Gasteiger partial charge on any atom is 0.271 e. The van der Waals surface area contributed by atoms with Gasteiger partial charge < -0.3 is 20.2 Å². The van der Waals surface area contributed by atoms with E-state index in [9.17, 15) is 18.8 Å². The lowest BCUT2D eigenvalue weighted by atomic mass is 10.1. The Balaban J connectivity index is 1.71. The molecule has 0 unspecified atom stereocenters. The fourth-order valence-corrected chi connectivity index (χ4v) is 3.27. The normalized spacial score (nSPS) is 17.1. The molecule has 138 valence electrons. The predicted molar refractivity (Wildman–Crippen MR) is 94.7 cm³/mol. The number of carbonyl (C=O) groups is 2. The van der Waals surface area contributed by atoms with E-state index in [0.717, 1.165) is 6.07 Å². The van der Waals surface area contributed by atoms with E-state index in [1.807, 2.05) is 0 Å². The lowest BCUT2D eigenvalue weighted by molar-refractivity contribution is -0.127. The van der Waals surface area contributed by atoms with Crippen molar-refractivity contribution in [3.63, 3.8) is 0 Å². The first-order chi connectivity index (χ1) is 13.0. The molecule has 1 aliphatic heterocycles. The molecule has 0 spiro atoms. The van der Waals surface area contributed by atoms with E-state index < -0.39 is 23.2 Å². The summed E-state index contributed by atoms with van der Waals surface area (Å²) in [5, 5.41) is 2.90. The standard InChI is InChI=1S/C18H16FN5O3/c19-12-3-1-2-11-15(25)7-13(23-16(11)12)18(27)24-5-4-21-17(26)14(24)6-10-8-20-9-22-10/h1-3,7-9,14H,4-6H2,(H,20,22)(H,21,26)(H,23,25)/t14-/m1/s1. The number of halogens is 1. The summed E-state index contributed by atoms with van der Waals surface area (Å²) in [6.07, 6.45) is 3.33. The minimum atomic E-state index is -0.758. The molecule has 2 aromatic heterocycles. The van der Waals surface area contributed by atoms with Crippen molar-refractivity contribution in [3.8, 4) is 0 Å². The second-order valence-corrected chi connectivity index (χ2v) is 6.30. The molecule has 1 atom stereocenters. The number of carbonyl (C=O) groups excluding carboxylic acids is 2. The quantitative estimate of drug-likeness (QED) is 0.627. The van der Waals surface area contributed by atoms with Gasteiger partial charge in [-0.25, -0.2) is 9.37 Å². The second kappa shape index (κ2) is 6.67. The maximum atomic E-state index is 14.1. The lowest BCUT2D eigenvalue weighted by Crippen LogP contribution is -2.58. The van der Waals surface area contributed by atoms with Crippen molar-refractivity contribution >= 4 is 22.7 Å². The van der Waals surface area contributed by atoms with Crippen LogP contribution in [-0.2, 0) is 11.2 Å². The van der Waals surface area contributed by atoms with Gasteiger partial charge in [-0.1, -0.05) is 6.07 Å². The topological polar surface area (TPSA) is 111 Å². The van der Waals surface area contributed by atoms with E-state index in [-0.39, 0.29) is 35.5 Å². The number of hydrogen-bond donors (Lipinski definition) is 3. The zero-order chi connectivity index (χ0) is 19.0. The van der Waals surface area contributed by atoms with E-state index in [2.05, 4.69) is 20.3 Å². The molecule has 4 rings (SSSR count). The molecule has 1 fully saturated rings. The average Bonchev–Trinajstić information content (AvgIpc) is 3.17. The minimum Gasteiger partial charge on any atom is -0.353 e. The highest BCUT2D eigenvalue weighted by Crippen LogP contribution is 2.16. The Kier molecular flexibility index (Phi) is 4.19. The monoisotopic (exact) mass is 369 g/mol. The largest absolute Gasteiger partial charge is 0.353 e. The van der Waals surface area contributed by atoms with Gasteiger partial charge in [-0.05, 0) is 12.1 Å². The van der Waals surface area contributed by atoms with Crippen molar-refractivity contribution in [2.75, 3.05) is 13.1 Å². The van der Waals surface area contributed by atoms with Crippen LogP contribution < -0.4 is 10.7 Å². The maximum absolute atomic E-state index is 14.1. The van der Waals surface area contributed by atoms with Gasteiger partial charge in [-0.2, -0.15) is 0 Å². The number of aromatic amines is 2. The minimum absolute atomic E-state index is 0.0278. The highest BCUT2D eigenvalue weighted by Gasteiger charge is 2.34. The Morgan fingerprint density at radius 3 is 2.96 bits per heavy atom. The summed E-state index contributed by atoms with van der Waals surface area (Å²) < 4.78 is 14.1. The molecule has 3 aromatic rings. The number of rotatable bonds is 3. The highest BCUT2D eigenvalue weighted by atomic mass is 19.1. The van der Waals surface area contributed by atoms with Gasteiger partial charge in [0.1, 0.15) is 17.6 Å². The highest BCUT2D eigenvalue weighted by molar-refractivity contribution is 5.98. The van der Waals surface area contributed by atoms with E-state index in [0.29, 0.717) is 12.2 Å². The average molecular weight is 369 g/mol. The number of fused-ring (bicyclic) bond motifs is 1. The van der Waals surface area contributed by atoms with Gasteiger partial charge in [0, 0.05) is 42.9 Å². The third kappa shape index (κ3) is 3.07. The number of imidazole rings is 1. The number of hydrogen-bond acceptors (Lipinski definition) is 4. The molecule has 3 heterocycles. The van der Waals surface area contributed by atoms with Gasteiger partial charge in [0.25, 0.3) is 5.91 Å². The molecule has 27 heavy (non-hydrogen) atoms. The molecule has 0 radical (unpaired) electrons. The third-order valence-corrected chi connectivity index (χ3v) is 4.60. The molecular formula is C18H16FN5O3. The zero-order valence-electron chi connectivity index (χ0n) is 14.2. The van der Waals surface area contributed by atoms with Crippen molar-refractivity contribution in [2.24, 2.45) is 0 Å². The fraction of sp³-hybridized carbons (Fsp3) is 0.222. The van der Waals surface area contributed by atoms with Crippen LogP contribution in [0.4, 0.5) is 4.39 Å². The van der Waals surface area contributed by atoms with Gasteiger partial charge in [-0.3, -0.25) is 14.4 Å². The van der Waals surface area contributed by atoms with Crippen molar-refractivity contribution in [3.05, 3.63) is 64.2 Å². The molecule has 0 saturated carbocycles. The Labute approximate surface area is 152 Å². The summed E-state index contributed by atoms with van der Waals surface area (Å²) in [5.74, 6) is -1.44. The summed E-state index contributed by atoms with van der Waals surface area (Å²) in [7, 11) is 0. The van der Waals surface area contributed by atoms with E-state index in [1.54, 1.807) is 6.20 Å². The number of benzene rings is 1. The van der Waals surface area contributed by atoms with Gasteiger partial charge in [0.2, 0.25) is 5.91 Å². The Hall–Kier alpha value is -3.49. The number of para-hydroxylation sites is 1.